The second kappa shape index (κ2) is 8.46. The Balaban J connectivity index is 1.36. The zero-order chi connectivity index (χ0) is 24.3. The number of hydrogen-bond donors (Lipinski definition) is 1. The van der Waals surface area contributed by atoms with E-state index in [4.69, 9.17) is 28.0 Å². The third-order valence-corrected chi connectivity index (χ3v) is 7.82. The summed E-state index contributed by atoms with van der Waals surface area (Å²) in [6, 6.07) is 3.47. The fourth-order valence-corrected chi connectivity index (χ4v) is 5.14. The molecular formula is C21H16Cl2F4N4O2S. The number of aromatic nitrogens is 1. The molecule has 2 aromatic rings. The van der Waals surface area contributed by atoms with Crippen LogP contribution in [-0.4, -0.2) is 45.4 Å². The molecule has 0 spiro atoms. The largest absolute Gasteiger partial charge is 0.435 e. The fraction of sp³-hybridized carbons (Fsp3) is 0.381. The van der Waals surface area contributed by atoms with Crippen LogP contribution in [0, 0.1) is 5.82 Å². The van der Waals surface area contributed by atoms with E-state index >= 15 is 0 Å². The molecule has 1 unspecified atom stereocenters. The number of benzene rings is 1. The number of amides is 1. The maximum absolute atomic E-state index is 14.2. The van der Waals surface area contributed by atoms with Crippen LogP contribution in [-0.2, 0) is 23.5 Å². The van der Waals surface area contributed by atoms with Gasteiger partial charge in [-0.1, -0.05) is 28.4 Å². The summed E-state index contributed by atoms with van der Waals surface area (Å²) in [5.74, 6) is 0.476. The van der Waals surface area contributed by atoms with E-state index in [1.165, 1.54) is 0 Å². The topological polar surface area (TPSA) is 66.8 Å². The van der Waals surface area contributed by atoms with Gasteiger partial charge < -0.3 is 15.1 Å². The lowest BCUT2D eigenvalue weighted by Crippen LogP contribution is -2.44. The highest BCUT2D eigenvalue weighted by Crippen LogP contribution is 2.50. The first-order valence-corrected chi connectivity index (χ1v) is 12.1. The fourth-order valence-electron chi connectivity index (χ4n) is 4.01. The molecular weight excluding hydrogens is 519 g/mol. The van der Waals surface area contributed by atoms with Gasteiger partial charge in [-0.15, -0.1) is 0 Å². The number of thioether (sulfide) groups is 1. The van der Waals surface area contributed by atoms with Gasteiger partial charge in [0.15, 0.2) is 5.82 Å². The highest BCUT2D eigenvalue weighted by Gasteiger charge is 2.63. The molecule has 1 amide bonds. The van der Waals surface area contributed by atoms with E-state index in [1.807, 2.05) is 0 Å². The summed E-state index contributed by atoms with van der Waals surface area (Å²) in [5, 5.41) is 5.54. The van der Waals surface area contributed by atoms with Gasteiger partial charge in [0.05, 0.1) is 16.5 Å². The summed E-state index contributed by atoms with van der Waals surface area (Å²) in [6.45, 7) is 0.489. The second-order valence-corrected chi connectivity index (χ2v) is 10.1. The number of nitrogens with one attached hydrogen (secondary N) is 1. The van der Waals surface area contributed by atoms with Gasteiger partial charge in [-0.05, 0) is 29.3 Å². The van der Waals surface area contributed by atoms with Crippen LogP contribution in [0.2, 0.25) is 10.0 Å². The van der Waals surface area contributed by atoms with Crippen molar-refractivity contribution in [2.45, 2.75) is 37.3 Å². The van der Waals surface area contributed by atoms with Crippen LogP contribution >= 0.6 is 35.0 Å². The molecule has 0 saturated carbocycles. The zero-order valence-corrected chi connectivity index (χ0v) is 19.6. The molecule has 0 radical (unpaired) electrons. The highest BCUT2D eigenvalue weighted by atomic mass is 35.5. The van der Waals surface area contributed by atoms with Crippen molar-refractivity contribution in [2.75, 3.05) is 11.5 Å². The van der Waals surface area contributed by atoms with E-state index in [0.717, 1.165) is 34.8 Å². The van der Waals surface area contributed by atoms with E-state index < -0.39 is 39.6 Å². The van der Waals surface area contributed by atoms with Crippen LogP contribution in [0.3, 0.4) is 0 Å². The summed E-state index contributed by atoms with van der Waals surface area (Å²) in [5.41, 5.74) is -1.51. The molecule has 0 bridgehead atoms. The van der Waals surface area contributed by atoms with Crippen LogP contribution in [0.25, 0.3) is 0 Å². The number of oxime groups is 1. The number of rotatable bonds is 3. The minimum absolute atomic E-state index is 0.0580. The number of alkyl halides is 3. The summed E-state index contributed by atoms with van der Waals surface area (Å²) >= 11 is 13.2. The molecule has 1 aromatic heterocycles. The normalized spacial score (nSPS) is 22.2. The Morgan fingerprint density at radius 2 is 1.85 bits per heavy atom. The van der Waals surface area contributed by atoms with Crippen molar-refractivity contribution < 1.29 is 27.2 Å². The maximum atomic E-state index is 14.2. The van der Waals surface area contributed by atoms with Crippen molar-refractivity contribution >= 4 is 46.7 Å². The molecule has 1 saturated heterocycles. The first kappa shape index (κ1) is 23.5. The Labute approximate surface area is 205 Å². The van der Waals surface area contributed by atoms with Gasteiger partial charge in [-0.3, -0.25) is 9.78 Å². The molecule has 34 heavy (non-hydrogen) atoms. The second-order valence-electron chi connectivity index (χ2n) is 8.26. The lowest BCUT2D eigenvalue weighted by Gasteiger charge is -2.30. The predicted octanol–water partition coefficient (Wildman–Crippen LogP) is 4.88. The van der Waals surface area contributed by atoms with Gasteiger partial charge >= 0.3 is 6.18 Å². The summed E-state index contributed by atoms with van der Waals surface area (Å²) in [7, 11) is 0. The van der Waals surface area contributed by atoms with Crippen molar-refractivity contribution in [3.8, 4) is 0 Å². The van der Waals surface area contributed by atoms with Crippen molar-refractivity contribution in [3.05, 3.63) is 62.6 Å². The average Bonchev–Trinajstić information content (AvgIpc) is 3.38. The molecule has 5 rings (SSSR count). The molecule has 13 heteroatoms. The minimum atomic E-state index is -4.89. The molecule has 4 heterocycles. The Morgan fingerprint density at radius 3 is 2.47 bits per heavy atom. The number of carbonyl (C=O) groups is 1. The van der Waals surface area contributed by atoms with E-state index in [0.29, 0.717) is 0 Å². The molecule has 3 aliphatic heterocycles. The Hall–Kier alpha value is -2.24. The SMILES string of the molecule is O=C(NC1CSC1)c1cc2c(cn1)CN(C1=NOC(c3cc(Cl)c(F)c(Cl)c3)(C(F)(F)F)C1)C2. The molecule has 1 N–H and O–H groups in total. The third kappa shape index (κ3) is 3.97. The number of pyridine rings is 1. The quantitative estimate of drug-likeness (QED) is 0.449. The average molecular weight is 535 g/mol. The van der Waals surface area contributed by atoms with Gasteiger partial charge in [0.25, 0.3) is 11.5 Å². The summed E-state index contributed by atoms with van der Waals surface area (Å²) in [4.78, 5) is 23.2. The van der Waals surface area contributed by atoms with Gasteiger partial charge in [-0.25, -0.2) is 4.39 Å². The van der Waals surface area contributed by atoms with Crippen LogP contribution in [0.1, 0.15) is 33.6 Å². The lowest BCUT2D eigenvalue weighted by molar-refractivity contribution is -0.275. The molecule has 0 aliphatic carbocycles. The van der Waals surface area contributed by atoms with E-state index in [9.17, 15) is 22.4 Å². The number of nitrogens with zero attached hydrogens (tertiary/aromatic N) is 3. The van der Waals surface area contributed by atoms with Crippen LogP contribution < -0.4 is 5.32 Å². The van der Waals surface area contributed by atoms with E-state index in [-0.39, 0.29) is 36.6 Å². The molecule has 3 aliphatic rings. The summed E-state index contributed by atoms with van der Waals surface area (Å²) in [6.07, 6.45) is -3.99. The Kier molecular flexibility index (Phi) is 5.84. The van der Waals surface area contributed by atoms with Gasteiger partial charge in [0.2, 0.25) is 0 Å². The van der Waals surface area contributed by atoms with Gasteiger partial charge in [0.1, 0.15) is 11.5 Å². The third-order valence-electron chi connectivity index (χ3n) is 6.00. The van der Waals surface area contributed by atoms with Gasteiger partial charge in [0, 0.05) is 42.4 Å². The molecule has 1 atom stereocenters. The number of halogens is 6. The minimum Gasteiger partial charge on any atom is -0.372 e. The number of hydrogen-bond acceptors (Lipinski definition) is 6. The molecule has 1 aromatic carbocycles. The molecule has 1 fully saturated rings. The highest BCUT2D eigenvalue weighted by molar-refractivity contribution is 8.00. The predicted molar refractivity (Wildman–Crippen MR) is 119 cm³/mol. The van der Waals surface area contributed by atoms with E-state index in [1.54, 1.807) is 28.9 Å². The Morgan fingerprint density at radius 1 is 1.18 bits per heavy atom. The number of fused-ring (bicyclic) bond motifs is 1. The van der Waals surface area contributed by atoms with Crippen LogP contribution in [0.4, 0.5) is 17.6 Å². The smallest absolute Gasteiger partial charge is 0.372 e. The van der Waals surface area contributed by atoms with Crippen LogP contribution in [0.15, 0.2) is 29.6 Å². The lowest BCUT2D eigenvalue weighted by atomic mass is 9.89. The molecule has 180 valence electrons. The number of amidine groups is 1. The first-order chi connectivity index (χ1) is 16.1. The van der Waals surface area contributed by atoms with Crippen molar-refractivity contribution in [2.24, 2.45) is 5.16 Å². The zero-order valence-electron chi connectivity index (χ0n) is 17.3. The van der Waals surface area contributed by atoms with Crippen LogP contribution in [0.5, 0.6) is 0 Å². The summed E-state index contributed by atoms with van der Waals surface area (Å²) < 4.78 is 56.5. The molecule has 6 nitrogen and oxygen atoms in total. The first-order valence-electron chi connectivity index (χ1n) is 10.2. The Bertz CT molecular complexity index is 1180. The van der Waals surface area contributed by atoms with Crippen molar-refractivity contribution in [1.82, 2.24) is 15.2 Å². The number of carbonyl (C=O) groups excluding carboxylic acids is 1. The van der Waals surface area contributed by atoms with E-state index in [2.05, 4.69) is 15.5 Å². The van der Waals surface area contributed by atoms with Gasteiger partial charge in [-0.2, -0.15) is 24.9 Å². The standard InChI is InChI=1S/C21H16Cl2F4N4O2S/c22-14-2-12(3-15(23)18(14)24)20(21(25,26)27)4-17(30-33-20)31-6-10-1-16(28-5-11(10)7-31)19(32)29-13-8-34-9-13/h1-3,5,13H,4,6-9H2,(H,29,32). The van der Waals surface area contributed by atoms with Crippen molar-refractivity contribution in [3.63, 3.8) is 0 Å². The van der Waals surface area contributed by atoms with Crippen molar-refractivity contribution in [1.29, 1.82) is 0 Å². The maximum Gasteiger partial charge on any atom is 0.435 e. The monoisotopic (exact) mass is 534 g/mol.